The molecular formula is C26H28F3N3O3S. The molecular weight excluding hydrogens is 491 g/mol. The molecule has 6 nitrogen and oxygen atoms in total. The zero-order valence-electron chi connectivity index (χ0n) is 19.8. The van der Waals surface area contributed by atoms with Gasteiger partial charge in [-0.25, -0.2) is 13.1 Å². The number of nitrogens with one attached hydrogen (secondary N) is 1. The van der Waals surface area contributed by atoms with Crippen molar-refractivity contribution in [1.82, 2.24) is 14.5 Å². The Morgan fingerprint density at radius 3 is 2.08 bits per heavy atom. The molecule has 0 saturated carbocycles. The van der Waals surface area contributed by atoms with E-state index in [-0.39, 0.29) is 17.0 Å². The van der Waals surface area contributed by atoms with Crippen molar-refractivity contribution in [2.45, 2.75) is 17.1 Å². The molecule has 1 heterocycles. The minimum absolute atomic E-state index is 0.00384. The van der Waals surface area contributed by atoms with Crippen LogP contribution in [0.15, 0.2) is 83.8 Å². The summed E-state index contributed by atoms with van der Waals surface area (Å²) in [6.45, 7) is 2.23. The maximum Gasteiger partial charge on any atom is 0.416 e. The highest BCUT2D eigenvalue weighted by molar-refractivity contribution is 7.89. The van der Waals surface area contributed by atoms with Crippen molar-refractivity contribution in [1.29, 1.82) is 0 Å². The van der Waals surface area contributed by atoms with Crippen LogP contribution < -0.4 is 9.46 Å². The molecule has 1 aliphatic heterocycles. The summed E-state index contributed by atoms with van der Waals surface area (Å²) in [4.78, 5) is 4.00. The number of ether oxygens (including phenoxy) is 1. The van der Waals surface area contributed by atoms with E-state index in [1.54, 1.807) is 30.3 Å². The lowest BCUT2D eigenvalue weighted by Gasteiger charge is -2.39. The molecule has 4 rings (SSSR count). The van der Waals surface area contributed by atoms with E-state index < -0.39 is 27.8 Å². The first kappa shape index (κ1) is 26.2. The number of nitrogens with zero attached hydrogens (tertiary/aromatic N) is 2. The lowest BCUT2D eigenvalue weighted by molar-refractivity contribution is -0.138. The lowest BCUT2D eigenvalue weighted by Crippen LogP contribution is -2.48. The Bertz CT molecular complexity index is 1240. The van der Waals surface area contributed by atoms with Gasteiger partial charge in [-0.05, 0) is 55.1 Å². The van der Waals surface area contributed by atoms with Gasteiger partial charge in [0.15, 0.2) is 0 Å². The minimum atomic E-state index is -4.55. The van der Waals surface area contributed by atoms with Crippen LogP contribution in [0, 0.1) is 0 Å². The summed E-state index contributed by atoms with van der Waals surface area (Å²) in [5.41, 5.74) is -0.695. The van der Waals surface area contributed by atoms with Gasteiger partial charge < -0.3 is 9.64 Å². The highest BCUT2D eigenvalue weighted by Crippen LogP contribution is 2.36. The lowest BCUT2D eigenvalue weighted by atomic mass is 9.98. The molecule has 0 bridgehead atoms. The van der Waals surface area contributed by atoms with Gasteiger partial charge in [0, 0.05) is 38.8 Å². The molecule has 3 aromatic rings. The van der Waals surface area contributed by atoms with Crippen LogP contribution in [-0.2, 0) is 16.2 Å². The predicted molar refractivity (Wildman–Crippen MR) is 131 cm³/mol. The monoisotopic (exact) mass is 519 g/mol. The van der Waals surface area contributed by atoms with Gasteiger partial charge in [0.1, 0.15) is 11.5 Å². The highest BCUT2D eigenvalue weighted by Gasteiger charge is 2.37. The minimum Gasteiger partial charge on any atom is -0.457 e. The van der Waals surface area contributed by atoms with E-state index in [1.807, 2.05) is 30.1 Å². The summed E-state index contributed by atoms with van der Waals surface area (Å²) < 4.78 is 75.7. The zero-order valence-corrected chi connectivity index (χ0v) is 20.6. The largest absolute Gasteiger partial charge is 0.457 e. The number of alkyl halides is 3. The second kappa shape index (κ2) is 11.0. The van der Waals surface area contributed by atoms with Gasteiger partial charge in [0.05, 0.1) is 10.5 Å². The van der Waals surface area contributed by atoms with Crippen molar-refractivity contribution >= 4 is 10.0 Å². The first-order chi connectivity index (χ1) is 17.1. The first-order valence-corrected chi connectivity index (χ1v) is 13.0. The van der Waals surface area contributed by atoms with Gasteiger partial charge in [-0.15, -0.1) is 0 Å². The van der Waals surface area contributed by atoms with Gasteiger partial charge in [-0.2, -0.15) is 13.2 Å². The van der Waals surface area contributed by atoms with Gasteiger partial charge in [-0.3, -0.25) is 4.90 Å². The average Bonchev–Trinajstić information content (AvgIpc) is 2.86. The van der Waals surface area contributed by atoms with Crippen LogP contribution in [0.3, 0.4) is 0 Å². The van der Waals surface area contributed by atoms with Crippen LogP contribution in [0.5, 0.6) is 11.5 Å². The topological polar surface area (TPSA) is 61.9 Å². The molecule has 0 aromatic heterocycles. The number of para-hydroxylation sites is 1. The Labute approximate surface area is 209 Å². The van der Waals surface area contributed by atoms with Crippen molar-refractivity contribution < 1.29 is 26.3 Å². The van der Waals surface area contributed by atoms with Crippen molar-refractivity contribution in [3.8, 4) is 11.5 Å². The predicted octanol–water partition coefficient (Wildman–Crippen LogP) is 4.76. The Morgan fingerprint density at radius 2 is 1.44 bits per heavy atom. The second-order valence-electron chi connectivity index (χ2n) is 8.68. The highest BCUT2D eigenvalue weighted by atomic mass is 32.2. The molecule has 1 saturated heterocycles. The van der Waals surface area contributed by atoms with Crippen molar-refractivity contribution in [2.24, 2.45) is 0 Å². The van der Waals surface area contributed by atoms with Crippen molar-refractivity contribution in [2.75, 3.05) is 39.8 Å². The van der Waals surface area contributed by atoms with Gasteiger partial charge >= 0.3 is 6.18 Å². The maximum atomic E-state index is 13.8. The molecule has 3 aromatic carbocycles. The number of sulfonamides is 1. The summed E-state index contributed by atoms with van der Waals surface area (Å²) in [5, 5.41) is 0. The molecule has 1 unspecified atom stereocenters. The van der Waals surface area contributed by atoms with E-state index in [1.165, 1.54) is 24.3 Å². The molecule has 0 amide bonds. The number of piperazine rings is 1. The van der Waals surface area contributed by atoms with Crippen LogP contribution in [0.4, 0.5) is 13.2 Å². The molecule has 10 heteroatoms. The number of benzene rings is 3. The maximum absolute atomic E-state index is 13.8. The van der Waals surface area contributed by atoms with E-state index in [0.29, 0.717) is 37.7 Å². The molecule has 1 N–H and O–H groups in total. The third-order valence-corrected chi connectivity index (χ3v) is 7.62. The van der Waals surface area contributed by atoms with Gasteiger partial charge in [0.2, 0.25) is 10.0 Å². The Hall–Kier alpha value is -2.92. The number of rotatable bonds is 8. The molecule has 0 aliphatic carbocycles. The zero-order chi connectivity index (χ0) is 25.8. The first-order valence-electron chi connectivity index (χ1n) is 11.5. The van der Waals surface area contributed by atoms with Crippen molar-refractivity contribution in [3.63, 3.8) is 0 Å². The van der Waals surface area contributed by atoms with Crippen LogP contribution in [0.25, 0.3) is 0 Å². The van der Waals surface area contributed by atoms with E-state index in [4.69, 9.17) is 4.74 Å². The van der Waals surface area contributed by atoms with E-state index in [9.17, 15) is 21.6 Å². The van der Waals surface area contributed by atoms with E-state index >= 15 is 0 Å². The van der Waals surface area contributed by atoms with Gasteiger partial charge in [-0.1, -0.05) is 36.4 Å². The van der Waals surface area contributed by atoms with E-state index in [2.05, 4.69) is 9.62 Å². The molecule has 36 heavy (non-hydrogen) atoms. The van der Waals surface area contributed by atoms with E-state index in [0.717, 1.165) is 6.07 Å². The normalized spacial score (nSPS) is 16.6. The number of hydrogen-bond donors (Lipinski definition) is 1. The fourth-order valence-electron chi connectivity index (χ4n) is 4.20. The van der Waals surface area contributed by atoms with Crippen LogP contribution >= 0.6 is 0 Å². The molecule has 1 fully saturated rings. The van der Waals surface area contributed by atoms with Crippen LogP contribution in [0.2, 0.25) is 0 Å². The Balaban J connectivity index is 1.54. The molecule has 1 aliphatic rings. The average molecular weight is 520 g/mol. The molecule has 0 spiro atoms. The Kier molecular flexibility index (Phi) is 7.99. The number of hydrogen-bond acceptors (Lipinski definition) is 5. The molecule has 1 atom stereocenters. The van der Waals surface area contributed by atoms with Crippen LogP contribution in [-0.4, -0.2) is 58.0 Å². The smallest absolute Gasteiger partial charge is 0.416 e. The Morgan fingerprint density at radius 1 is 0.861 bits per heavy atom. The quantitative estimate of drug-likeness (QED) is 0.465. The second-order valence-corrected chi connectivity index (χ2v) is 10.4. The molecule has 0 radical (unpaired) electrons. The van der Waals surface area contributed by atoms with Gasteiger partial charge in [0.25, 0.3) is 0 Å². The third-order valence-electron chi connectivity index (χ3n) is 6.18. The summed E-state index contributed by atoms with van der Waals surface area (Å²) >= 11 is 0. The SMILES string of the molecule is CN1CCN(C(CNS(=O)(=O)c2ccc(Oc3ccccc3)cc2)c2ccccc2C(F)(F)F)CC1. The molecule has 192 valence electrons. The van der Waals surface area contributed by atoms with Crippen molar-refractivity contribution in [3.05, 3.63) is 90.0 Å². The summed E-state index contributed by atoms with van der Waals surface area (Å²) in [6, 6.07) is 19.6. The summed E-state index contributed by atoms with van der Waals surface area (Å²) in [6.07, 6.45) is -4.55. The fourth-order valence-corrected chi connectivity index (χ4v) is 5.24. The third kappa shape index (κ3) is 6.44. The number of halogens is 3. The summed E-state index contributed by atoms with van der Waals surface area (Å²) in [7, 11) is -2.03. The standard InChI is InChI=1S/C26H28F3N3O3S/c1-31-15-17-32(18-16-31)25(23-9-5-6-10-24(23)26(27,28)29)19-30-36(33,34)22-13-11-21(12-14-22)35-20-7-3-2-4-8-20/h2-14,25,30H,15-19H2,1H3. The summed E-state index contributed by atoms with van der Waals surface area (Å²) in [5.74, 6) is 1.08. The number of likely N-dealkylation sites (N-methyl/N-ethyl adjacent to an activating group) is 1. The van der Waals surface area contributed by atoms with Crippen LogP contribution in [0.1, 0.15) is 17.2 Å². The fraction of sp³-hybridized carbons (Fsp3) is 0.308.